The molecule has 0 amide bonds. The molecule has 1 heterocycles. The predicted octanol–water partition coefficient (Wildman–Crippen LogP) is 0.683. The standard InChI is InChI=1S/C9H17N5OS/c1-15-6-9-12-7(11-3-4-16-2)5-8(13-9)14-10/h5H,3-4,6,10H2,1-2H3,(H2,11,12,13,14). The minimum absolute atomic E-state index is 0.368. The summed E-state index contributed by atoms with van der Waals surface area (Å²) in [7, 11) is 1.60. The van der Waals surface area contributed by atoms with Crippen molar-refractivity contribution in [2.24, 2.45) is 5.84 Å². The van der Waals surface area contributed by atoms with E-state index in [1.165, 1.54) is 0 Å². The fourth-order valence-corrected chi connectivity index (χ4v) is 1.44. The van der Waals surface area contributed by atoms with Gasteiger partial charge in [-0.3, -0.25) is 0 Å². The van der Waals surface area contributed by atoms with Gasteiger partial charge in [0.2, 0.25) is 0 Å². The molecular weight excluding hydrogens is 226 g/mol. The third-order valence-corrected chi connectivity index (χ3v) is 2.42. The van der Waals surface area contributed by atoms with Gasteiger partial charge in [0.25, 0.3) is 0 Å². The van der Waals surface area contributed by atoms with Crippen LogP contribution in [0.4, 0.5) is 11.6 Å². The van der Waals surface area contributed by atoms with Crippen molar-refractivity contribution >= 4 is 23.4 Å². The van der Waals surface area contributed by atoms with E-state index in [1.807, 2.05) is 0 Å². The third-order valence-electron chi connectivity index (χ3n) is 1.81. The topological polar surface area (TPSA) is 85.1 Å². The van der Waals surface area contributed by atoms with E-state index >= 15 is 0 Å². The first-order chi connectivity index (χ1) is 7.80. The van der Waals surface area contributed by atoms with Gasteiger partial charge in [-0.2, -0.15) is 11.8 Å². The molecule has 0 saturated heterocycles. The fraction of sp³-hybridized carbons (Fsp3) is 0.556. The van der Waals surface area contributed by atoms with Crippen LogP contribution in [-0.4, -0.2) is 35.6 Å². The van der Waals surface area contributed by atoms with Gasteiger partial charge in [0.05, 0.1) is 0 Å². The van der Waals surface area contributed by atoms with Crippen LogP contribution in [0.25, 0.3) is 0 Å². The van der Waals surface area contributed by atoms with E-state index in [4.69, 9.17) is 10.6 Å². The van der Waals surface area contributed by atoms with Crippen molar-refractivity contribution in [1.82, 2.24) is 9.97 Å². The van der Waals surface area contributed by atoms with Crippen molar-refractivity contribution in [1.29, 1.82) is 0 Å². The van der Waals surface area contributed by atoms with Crippen LogP contribution in [0, 0.1) is 0 Å². The summed E-state index contributed by atoms with van der Waals surface area (Å²) in [6.07, 6.45) is 2.06. The average Bonchev–Trinajstić information content (AvgIpc) is 2.29. The maximum absolute atomic E-state index is 5.33. The summed E-state index contributed by atoms with van der Waals surface area (Å²) in [5.74, 6) is 8.28. The highest BCUT2D eigenvalue weighted by molar-refractivity contribution is 7.98. The number of anilines is 2. The highest BCUT2D eigenvalue weighted by Gasteiger charge is 2.03. The van der Waals surface area contributed by atoms with Crippen molar-refractivity contribution in [2.75, 3.05) is 36.4 Å². The molecule has 6 nitrogen and oxygen atoms in total. The molecule has 0 aliphatic rings. The molecular formula is C9H17N5OS. The minimum atomic E-state index is 0.368. The molecule has 0 spiro atoms. The zero-order valence-corrected chi connectivity index (χ0v) is 10.3. The number of thioether (sulfide) groups is 1. The van der Waals surface area contributed by atoms with Gasteiger partial charge in [0, 0.05) is 25.5 Å². The SMILES string of the molecule is COCc1nc(NN)cc(NCCSC)n1. The molecule has 16 heavy (non-hydrogen) atoms. The van der Waals surface area contributed by atoms with Gasteiger partial charge in [-0.1, -0.05) is 0 Å². The van der Waals surface area contributed by atoms with E-state index in [0.29, 0.717) is 18.2 Å². The van der Waals surface area contributed by atoms with Crippen LogP contribution in [0.1, 0.15) is 5.82 Å². The van der Waals surface area contributed by atoms with Gasteiger partial charge in [0.15, 0.2) is 5.82 Å². The van der Waals surface area contributed by atoms with Gasteiger partial charge in [0.1, 0.15) is 18.2 Å². The van der Waals surface area contributed by atoms with E-state index in [2.05, 4.69) is 27.0 Å². The molecule has 7 heteroatoms. The second-order valence-corrected chi connectivity index (χ2v) is 4.04. The number of nitrogens with one attached hydrogen (secondary N) is 2. The Morgan fingerprint density at radius 1 is 1.44 bits per heavy atom. The van der Waals surface area contributed by atoms with E-state index in [-0.39, 0.29) is 0 Å². The minimum Gasteiger partial charge on any atom is -0.377 e. The first-order valence-electron chi connectivity index (χ1n) is 4.86. The Labute approximate surface area is 99.3 Å². The van der Waals surface area contributed by atoms with Gasteiger partial charge in [-0.05, 0) is 6.26 Å². The number of nitrogens with two attached hydrogens (primary N) is 1. The lowest BCUT2D eigenvalue weighted by Crippen LogP contribution is -2.13. The maximum atomic E-state index is 5.33. The van der Waals surface area contributed by atoms with Crippen LogP contribution in [-0.2, 0) is 11.3 Å². The largest absolute Gasteiger partial charge is 0.377 e. The Morgan fingerprint density at radius 2 is 2.19 bits per heavy atom. The summed E-state index contributed by atoms with van der Waals surface area (Å²) < 4.78 is 4.98. The van der Waals surface area contributed by atoms with Gasteiger partial charge in [-0.15, -0.1) is 0 Å². The first-order valence-corrected chi connectivity index (χ1v) is 6.26. The number of rotatable bonds is 7. The summed E-state index contributed by atoms with van der Waals surface area (Å²) in [4.78, 5) is 8.44. The number of nitrogens with zero attached hydrogens (tertiary/aromatic N) is 2. The van der Waals surface area contributed by atoms with Crippen LogP contribution in [0.15, 0.2) is 6.07 Å². The summed E-state index contributed by atoms with van der Waals surface area (Å²) >= 11 is 1.77. The van der Waals surface area contributed by atoms with Gasteiger partial charge in [-0.25, -0.2) is 15.8 Å². The molecule has 0 aliphatic carbocycles. The van der Waals surface area contributed by atoms with Gasteiger partial charge >= 0.3 is 0 Å². The molecule has 0 bridgehead atoms. The number of hydrogen-bond acceptors (Lipinski definition) is 7. The molecule has 1 aromatic rings. The molecule has 0 atom stereocenters. The molecule has 0 fully saturated rings. The van der Waals surface area contributed by atoms with Crippen molar-refractivity contribution in [3.05, 3.63) is 11.9 Å². The van der Waals surface area contributed by atoms with Crippen molar-refractivity contribution in [3.8, 4) is 0 Å². The number of aromatic nitrogens is 2. The maximum Gasteiger partial charge on any atom is 0.158 e. The van der Waals surface area contributed by atoms with Crippen LogP contribution in [0.2, 0.25) is 0 Å². The Morgan fingerprint density at radius 3 is 2.81 bits per heavy atom. The second kappa shape index (κ2) is 7.26. The molecule has 0 unspecified atom stereocenters. The van der Waals surface area contributed by atoms with Crippen LogP contribution in [0.3, 0.4) is 0 Å². The summed E-state index contributed by atoms with van der Waals surface area (Å²) in [5, 5.41) is 3.20. The van der Waals surface area contributed by atoms with E-state index in [9.17, 15) is 0 Å². The quantitative estimate of drug-likeness (QED) is 0.369. The molecule has 1 rings (SSSR count). The number of ether oxygens (including phenoxy) is 1. The van der Waals surface area contributed by atoms with Crippen LogP contribution < -0.4 is 16.6 Å². The Balaban J connectivity index is 2.69. The zero-order chi connectivity index (χ0) is 11.8. The molecule has 4 N–H and O–H groups in total. The molecule has 1 aromatic heterocycles. The number of hydrogen-bond donors (Lipinski definition) is 3. The normalized spacial score (nSPS) is 10.2. The summed E-state index contributed by atoms with van der Waals surface area (Å²) in [6, 6.07) is 1.76. The number of methoxy groups -OCH3 is 1. The van der Waals surface area contributed by atoms with Crippen molar-refractivity contribution < 1.29 is 4.74 Å². The predicted molar refractivity (Wildman–Crippen MR) is 67.4 cm³/mol. The van der Waals surface area contributed by atoms with E-state index in [0.717, 1.165) is 18.1 Å². The average molecular weight is 243 g/mol. The van der Waals surface area contributed by atoms with E-state index in [1.54, 1.807) is 24.9 Å². The third kappa shape index (κ3) is 4.21. The lowest BCUT2D eigenvalue weighted by Gasteiger charge is -2.08. The monoisotopic (exact) mass is 243 g/mol. The Hall–Kier alpha value is -1.05. The summed E-state index contributed by atoms with van der Waals surface area (Å²) in [5.41, 5.74) is 2.50. The lowest BCUT2D eigenvalue weighted by molar-refractivity contribution is 0.178. The smallest absolute Gasteiger partial charge is 0.158 e. The summed E-state index contributed by atoms with van der Waals surface area (Å²) in [6.45, 7) is 1.22. The van der Waals surface area contributed by atoms with Crippen molar-refractivity contribution in [2.45, 2.75) is 6.61 Å². The molecule has 0 aliphatic heterocycles. The highest BCUT2D eigenvalue weighted by atomic mass is 32.2. The zero-order valence-electron chi connectivity index (χ0n) is 9.49. The lowest BCUT2D eigenvalue weighted by atomic mass is 10.5. The molecule has 0 aromatic carbocycles. The Bertz CT molecular complexity index is 323. The second-order valence-electron chi connectivity index (χ2n) is 3.05. The van der Waals surface area contributed by atoms with Crippen molar-refractivity contribution in [3.63, 3.8) is 0 Å². The molecule has 90 valence electrons. The fourth-order valence-electron chi connectivity index (χ4n) is 1.14. The Kier molecular flexibility index (Phi) is 5.91. The number of hydrazine groups is 1. The van der Waals surface area contributed by atoms with E-state index < -0.39 is 0 Å². The number of nitrogen functional groups attached to an aromatic ring is 1. The first kappa shape index (κ1) is 13.0. The van der Waals surface area contributed by atoms with Gasteiger partial charge < -0.3 is 15.5 Å². The highest BCUT2D eigenvalue weighted by Crippen LogP contribution is 2.10. The molecule has 0 saturated carbocycles. The van der Waals surface area contributed by atoms with Crippen LogP contribution >= 0.6 is 11.8 Å². The van der Waals surface area contributed by atoms with Crippen LogP contribution in [0.5, 0.6) is 0 Å². The molecule has 0 radical (unpaired) electrons.